The van der Waals surface area contributed by atoms with E-state index in [1.807, 2.05) is 6.07 Å². The van der Waals surface area contributed by atoms with Crippen molar-refractivity contribution in [2.45, 2.75) is 26.2 Å². The monoisotopic (exact) mass is 223 g/mol. The van der Waals surface area contributed by atoms with Crippen LogP contribution in [-0.2, 0) is 12.8 Å². The van der Waals surface area contributed by atoms with Gasteiger partial charge in [-0.15, -0.1) is 0 Å². The zero-order valence-electron chi connectivity index (χ0n) is 10.4. The lowest BCUT2D eigenvalue weighted by molar-refractivity contribution is 0.351. The van der Waals surface area contributed by atoms with E-state index in [0.717, 1.165) is 37.3 Å². The summed E-state index contributed by atoms with van der Waals surface area (Å²) >= 11 is 0. The lowest BCUT2D eigenvalue weighted by atomic mass is 9.99. The van der Waals surface area contributed by atoms with Gasteiger partial charge in [0, 0.05) is 5.56 Å². The van der Waals surface area contributed by atoms with Crippen LogP contribution in [0.4, 0.5) is 0 Å². The van der Waals surface area contributed by atoms with Crippen LogP contribution in [0, 0.1) is 0 Å². The first-order valence-electron chi connectivity index (χ1n) is 5.71. The highest BCUT2D eigenvalue weighted by atomic mass is 16.5. The van der Waals surface area contributed by atoms with E-state index in [-0.39, 0.29) is 0 Å². The largest absolute Gasteiger partial charge is 0.493 e. The first-order chi connectivity index (χ1) is 7.78. The Morgan fingerprint density at radius 1 is 1.19 bits per heavy atom. The molecule has 0 fully saturated rings. The number of hydrogen-bond donors (Lipinski definition) is 1. The molecule has 0 heterocycles. The first-order valence-corrected chi connectivity index (χ1v) is 5.71. The Labute approximate surface area is 97.6 Å². The van der Waals surface area contributed by atoms with Gasteiger partial charge in [-0.2, -0.15) is 0 Å². The van der Waals surface area contributed by atoms with Crippen molar-refractivity contribution >= 4 is 0 Å². The molecule has 1 aromatic carbocycles. The molecule has 0 saturated carbocycles. The Balaban J connectivity index is 3.10. The highest BCUT2D eigenvalue weighted by molar-refractivity contribution is 5.50. The molecule has 0 aliphatic heterocycles. The Bertz CT molecular complexity index is 337. The number of benzene rings is 1. The Hall–Kier alpha value is -1.22. The zero-order chi connectivity index (χ0) is 12.0. The number of aryl methyl sites for hydroxylation is 1. The van der Waals surface area contributed by atoms with Gasteiger partial charge in [0.15, 0.2) is 11.5 Å². The van der Waals surface area contributed by atoms with Crippen molar-refractivity contribution in [2.75, 3.05) is 20.8 Å². The summed E-state index contributed by atoms with van der Waals surface area (Å²) in [5.74, 6) is 1.66. The second kappa shape index (κ2) is 6.38. The average Bonchev–Trinajstić information content (AvgIpc) is 2.34. The molecule has 0 unspecified atom stereocenters. The van der Waals surface area contributed by atoms with E-state index in [9.17, 15) is 0 Å². The summed E-state index contributed by atoms with van der Waals surface area (Å²) < 4.78 is 10.7. The molecule has 0 amide bonds. The Morgan fingerprint density at radius 2 is 1.94 bits per heavy atom. The molecule has 90 valence electrons. The maximum atomic E-state index is 5.54. The standard InChI is InChI=1S/C13H21NO2/c1-4-11-10(6-5-9-14)7-8-12(15-2)13(11)16-3/h7-8H,4-6,9,14H2,1-3H3. The molecule has 16 heavy (non-hydrogen) atoms. The van der Waals surface area contributed by atoms with Crippen molar-refractivity contribution in [3.8, 4) is 11.5 Å². The molecule has 0 spiro atoms. The van der Waals surface area contributed by atoms with Gasteiger partial charge in [0.25, 0.3) is 0 Å². The fraction of sp³-hybridized carbons (Fsp3) is 0.538. The average molecular weight is 223 g/mol. The molecule has 0 aliphatic rings. The third-order valence-corrected chi connectivity index (χ3v) is 2.75. The van der Waals surface area contributed by atoms with Crippen molar-refractivity contribution in [3.05, 3.63) is 23.3 Å². The van der Waals surface area contributed by atoms with E-state index in [4.69, 9.17) is 15.2 Å². The predicted molar refractivity (Wildman–Crippen MR) is 66.3 cm³/mol. The van der Waals surface area contributed by atoms with Crippen LogP contribution in [0.5, 0.6) is 11.5 Å². The lowest BCUT2D eigenvalue weighted by Crippen LogP contribution is -2.04. The summed E-state index contributed by atoms with van der Waals surface area (Å²) in [6.45, 7) is 2.85. The van der Waals surface area contributed by atoms with Gasteiger partial charge in [-0.05, 0) is 37.4 Å². The zero-order valence-corrected chi connectivity index (χ0v) is 10.4. The maximum absolute atomic E-state index is 5.54. The van der Waals surface area contributed by atoms with Gasteiger partial charge in [-0.25, -0.2) is 0 Å². The van der Waals surface area contributed by atoms with Crippen molar-refractivity contribution in [1.29, 1.82) is 0 Å². The molecule has 1 aromatic rings. The van der Waals surface area contributed by atoms with E-state index < -0.39 is 0 Å². The Morgan fingerprint density at radius 3 is 2.44 bits per heavy atom. The van der Waals surface area contributed by atoms with Crippen LogP contribution in [0.3, 0.4) is 0 Å². The van der Waals surface area contributed by atoms with Crippen LogP contribution in [0.1, 0.15) is 24.5 Å². The molecule has 3 nitrogen and oxygen atoms in total. The molecule has 2 N–H and O–H groups in total. The molecule has 0 aromatic heterocycles. The molecule has 0 aliphatic carbocycles. The van der Waals surface area contributed by atoms with Crippen LogP contribution >= 0.6 is 0 Å². The van der Waals surface area contributed by atoms with E-state index in [2.05, 4.69) is 13.0 Å². The number of hydrogen-bond acceptors (Lipinski definition) is 3. The lowest BCUT2D eigenvalue weighted by Gasteiger charge is -2.15. The third-order valence-electron chi connectivity index (χ3n) is 2.75. The van der Waals surface area contributed by atoms with E-state index in [0.29, 0.717) is 0 Å². The highest BCUT2D eigenvalue weighted by Crippen LogP contribution is 2.34. The summed E-state index contributed by atoms with van der Waals surface area (Å²) in [6.07, 6.45) is 2.95. The van der Waals surface area contributed by atoms with E-state index >= 15 is 0 Å². The van der Waals surface area contributed by atoms with Crippen LogP contribution in [-0.4, -0.2) is 20.8 Å². The van der Waals surface area contributed by atoms with Crippen LogP contribution in [0.15, 0.2) is 12.1 Å². The molecule has 0 bridgehead atoms. The van der Waals surface area contributed by atoms with Gasteiger partial charge >= 0.3 is 0 Å². The minimum atomic E-state index is 0.720. The van der Waals surface area contributed by atoms with Gasteiger partial charge in [0.1, 0.15) is 0 Å². The number of ether oxygens (including phenoxy) is 2. The van der Waals surface area contributed by atoms with Crippen molar-refractivity contribution in [2.24, 2.45) is 5.73 Å². The third kappa shape index (κ3) is 2.67. The summed E-state index contributed by atoms with van der Waals surface area (Å²) in [6, 6.07) is 4.07. The number of nitrogens with two attached hydrogens (primary N) is 1. The normalized spacial score (nSPS) is 10.2. The topological polar surface area (TPSA) is 44.5 Å². The summed E-state index contributed by atoms with van der Waals surface area (Å²) in [4.78, 5) is 0. The Kier molecular flexibility index (Phi) is 5.12. The molecular formula is C13H21NO2. The van der Waals surface area contributed by atoms with Gasteiger partial charge in [-0.1, -0.05) is 13.0 Å². The smallest absolute Gasteiger partial charge is 0.164 e. The number of rotatable bonds is 6. The van der Waals surface area contributed by atoms with Crippen LogP contribution < -0.4 is 15.2 Å². The van der Waals surface area contributed by atoms with Gasteiger partial charge in [0.2, 0.25) is 0 Å². The van der Waals surface area contributed by atoms with Crippen molar-refractivity contribution < 1.29 is 9.47 Å². The van der Waals surface area contributed by atoms with Crippen molar-refractivity contribution in [3.63, 3.8) is 0 Å². The SMILES string of the molecule is CCc1c(CCCN)ccc(OC)c1OC. The molecule has 3 heteroatoms. The van der Waals surface area contributed by atoms with Crippen LogP contribution in [0.2, 0.25) is 0 Å². The fourth-order valence-corrected chi connectivity index (χ4v) is 1.95. The second-order valence-corrected chi connectivity index (χ2v) is 3.68. The molecular weight excluding hydrogens is 202 g/mol. The minimum Gasteiger partial charge on any atom is -0.493 e. The van der Waals surface area contributed by atoms with Gasteiger partial charge in [-0.3, -0.25) is 0 Å². The summed E-state index contributed by atoms with van der Waals surface area (Å²) in [5, 5.41) is 0. The molecule has 0 atom stereocenters. The second-order valence-electron chi connectivity index (χ2n) is 3.68. The first kappa shape index (κ1) is 12.8. The highest BCUT2D eigenvalue weighted by Gasteiger charge is 2.12. The van der Waals surface area contributed by atoms with Crippen molar-refractivity contribution in [1.82, 2.24) is 0 Å². The minimum absolute atomic E-state index is 0.720. The van der Waals surface area contributed by atoms with Gasteiger partial charge < -0.3 is 15.2 Å². The summed E-state index contributed by atoms with van der Waals surface area (Å²) in [7, 11) is 3.35. The molecule has 0 radical (unpaired) electrons. The van der Waals surface area contributed by atoms with E-state index in [1.54, 1.807) is 14.2 Å². The summed E-state index contributed by atoms with van der Waals surface area (Å²) in [5.41, 5.74) is 8.08. The van der Waals surface area contributed by atoms with Gasteiger partial charge in [0.05, 0.1) is 14.2 Å². The van der Waals surface area contributed by atoms with Crippen LogP contribution in [0.25, 0.3) is 0 Å². The predicted octanol–water partition coefficient (Wildman–Crippen LogP) is 2.16. The fourth-order valence-electron chi connectivity index (χ4n) is 1.95. The number of methoxy groups -OCH3 is 2. The quantitative estimate of drug-likeness (QED) is 0.803. The maximum Gasteiger partial charge on any atom is 0.164 e. The molecule has 1 rings (SSSR count). The van der Waals surface area contributed by atoms with E-state index in [1.165, 1.54) is 11.1 Å². The molecule has 0 saturated heterocycles.